The molecule has 0 aliphatic heterocycles. The first-order chi connectivity index (χ1) is 48.8. The molecule has 3 N–H and O–H groups in total. The van der Waals surface area contributed by atoms with Gasteiger partial charge in [0.05, 0.1) is 13.2 Å². The van der Waals surface area contributed by atoms with Crippen LogP contribution in [0, 0.1) is 0 Å². The molecule has 2 atom stereocenters. The Morgan fingerprint density at radius 1 is 0.303 bits per heavy atom. The first-order valence-electron chi connectivity index (χ1n) is 40.3. The van der Waals surface area contributed by atoms with E-state index in [1.165, 1.54) is 161 Å². The molecule has 0 saturated heterocycles. The Labute approximate surface area is 609 Å². The van der Waals surface area contributed by atoms with Gasteiger partial charge >= 0.3 is 19.8 Å². The summed E-state index contributed by atoms with van der Waals surface area (Å²) in [5, 5.41) is 0. The van der Waals surface area contributed by atoms with Crippen molar-refractivity contribution in [2.45, 2.75) is 341 Å². The van der Waals surface area contributed by atoms with Gasteiger partial charge in [-0.3, -0.25) is 18.6 Å². The Hall–Kier alpha value is -4.89. The highest BCUT2D eigenvalue weighted by molar-refractivity contribution is 7.47. The van der Waals surface area contributed by atoms with Gasteiger partial charge in [-0.1, -0.05) is 369 Å². The van der Waals surface area contributed by atoms with Gasteiger partial charge in [-0.05, 0) is 135 Å². The normalized spacial score (nSPS) is 13.9. The van der Waals surface area contributed by atoms with E-state index in [9.17, 15) is 19.0 Å². The van der Waals surface area contributed by atoms with Gasteiger partial charge in [-0.15, -0.1) is 0 Å². The van der Waals surface area contributed by atoms with E-state index in [4.69, 9.17) is 24.3 Å². The van der Waals surface area contributed by atoms with Gasteiger partial charge in [0.2, 0.25) is 0 Å². The van der Waals surface area contributed by atoms with Gasteiger partial charge in [0.25, 0.3) is 0 Å². The maximum absolute atomic E-state index is 12.8. The minimum atomic E-state index is -4.41. The first kappa shape index (κ1) is 94.1. The highest BCUT2D eigenvalue weighted by Crippen LogP contribution is 2.43. The SMILES string of the molecule is CC/C=C\C/C=C\C/C=C\C/C=C\C/C=C\C/C=C\C/C=C\C/C=C\C/C=C\C/C=C\CCCCCCCCCCCCC(=O)OC(COC(=O)CCCCCCCCCCCCCCCCCCCCCCC/C=C\C/C=C\C/C=C\C/C=C\C/C=C\CC)COP(=O)(O)OCCN. The third-order valence-corrected chi connectivity index (χ3v) is 17.8. The zero-order valence-electron chi connectivity index (χ0n) is 63.4. The molecule has 0 aromatic heterocycles. The van der Waals surface area contributed by atoms with Crippen molar-refractivity contribution >= 4 is 19.8 Å². The van der Waals surface area contributed by atoms with Gasteiger partial charge in [0.15, 0.2) is 6.10 Å². The van der Waals surface area contributed by atoms with Gasteiger partial charge in [-0.25, -0.2) is 4.57 Å². The molecule has 0 rings (SSSR count). The summed E-state index contributed by atoms with van der Waals surface area (Å²) in [6.45, 7) is 3.53. The molecule has 0 radical (unpaired) electrons. The maximum atomic E-state index is 12.8. The van der Waals surface area contributed by atoms with Crippen LogP contribution in [0.15, 0.2) is 182 Å². The zero-order chi connectivity index (χ0) is 71.5. The van der Waals surface area contributed by atoms with E-state index in [0.29, 0.717) is 6.42 Å². The second-order valence-electron chi connectivity index (χ2n) is 26.2. The molecule has 99 heavy (non-hydrogen) atoms. The third kappa shape index (κ3) is 82.0. The summed E-state index contributed by atoms with van der Waals surface area (Å²) in [6, 6.07) is 0. The topological polar surface area (TPSA) is 134 Å². The second kappa shape index (κ2) is 82.1. The number of esters is 2. The van der Waals surface area contributed by atoms with E-state index in [2.05, 4.69) is 196 Å². The average molecular weight is 1390 g/mol. The van der Waals surface area contributed by atoms with Crippen molar-refractivity contribution in [3.8, 4) is 0 Å². The number of hydrogen-bond acceptors (Lipinski definition) is 8. The van der Waals surface area contributed by atoms with Crippen molar-refractivity contribution in [3.63, 3.8) is 0 Å². The molecule has 0 heterocycles. The van der Waals surface area contributed by atoms with Crippen molar-refractivity contribution in [1.29, 1.82) is 0 Å². The molecule has 0 amide bonds. The van der Waals surface area contributed by atoms with Gasteiger partial charge in [0, 0.05) is 19.4 Å². The lowest BCUT2D eigenvalue weighted by Gasteiger charge is -2.19. The van der Waals surface area contributed by atoms with Crippen LogP contribution in [0.2, 0.25) is 0 Å². The Bertz CT molecular complexity index is 2290. The van der Waals surface area contributed by atoms with E-state index in [0.717, 1.165) is 141 Å². The van der Waals surface area contributed by atoms with Crippen LogP contribution < -0.4 is 5.73 Å². The summed E-state index contributed by atoms with van der Waals surface area (Å²) >= 11 is 0. The molecule has 2 unspecified atom stereocenters. The molecule has 0 aromatic carbocycles. The molecule has 0 saturated carbocycles. The van der Waals surface area contributed by atoms with Crippen LogP contribution in [0.3, 0.4) is 0 Å². The van der Waals surface area contributed by atoms with Crippen molar-refractivity contribution in [1.82, 2.24) is 0 Å². The number of phosphoric acid groups is 1. The van der Waals surface area contributed by atoms with Crippen LogP contribution in [0.5, 0.6) is 0 Å². The lowest BCUT2D eigenvalue weighted by Crippen LogP contribution is -2.29. The van der Waals surface area contributed by atoms with E-state index in [1.54, 1.807) is 0 Å². The van der Waals surface area contributed by atoms with Crippen LogP contribution in [0.25, 0.3) is 0 Å². The Kier molecular flexibility index (Phi) is 78.0. The van der Waals surface area contributed by atoms with Crippen LogP contribution in [-0.4, -0.2) is 49.3 Å². The zero-order valence-corrected chi connectivity index (χ0v) is 64.3. The molecule has 0 aliphatic carbocycles. The largest absolute Gasteiger partial charge is 0.472 e. The highest BCUT2D eigenvalue weighted by atomic mass is 31.2. The van der Waals surface area contributed by atoms with E-state index >= 15 is 0 Å². The number of unbranched alkanes of at least 4 members (excludes halogenated alkanes) is 31. The number of hydrogen-bond donors (Lipinski definition) is 2. The number of carbonyl (C=O) groups is 2. The van der Waals surface area contributed by atoms with Crippen LogP contribution in [0.1, 0.15) is 335 Å². The Balaban J connectivity index is 3.88. The number of rotatable bonds is 74. The summed E-state index contributed by atoms with van der Waals surface area (Å²) in [7, 11) is -4.41. The maximum Gasteiger partial charge on any atom is 0.472 e. The van der Waals surface area contributed by atoms with Crippen molar-refractivity contribution in [2.75, 3.05) is 26.4 Å². The lowest BCUT2D eigenvalue weighted by atomic mass is 10.0. The second-order valence-corrected chi connectivity index (χ2v) is 27.6. The minimum Gasteiger partial charge on any atom is -0.462 e. The van der Waals surface area contributed by atoms with Crippen molar-refractivity contribution in [2.24, 2.45) is 5.73 Å². The fraction of sp³-hybridized carbons (Fsp3) is 0.640. The first-order valence-corrected chi connectivity index (χ1v) is 41.8. The fourth-order valence-electron chi connectivity index (χ4n) is 10.9. The predicted molar refractivity (Wildman–Crippen MR) is 431 cm³/mol. The molecule has 10 heteroatoms. The van der Waals surface area contributed by atoms with E-state index < -0.39 is 26.5 Å². The van der Waals surface area contributed by atoms with Crippen LogP contribution in [-0.2, 0) is 32.7 Å². The standard InChI is InChI=1S/C89H148NO8P/c1-3-5-7-9-11-13-15-17-19-21-23-25-27-29-31-33-35-37-39-41-42-43-44-46-48-50-52-54-56-58-60-62-64-66-68-70-72-74-76-78-80-82-89(92)98-87(86-97-99(93,94)96-84-83-90)85-95-88(91)81-79-77-75-73-71-69-67-65-63-61-59-57-55-53-51-49-47-45-40-38-36-34-32-30-28-26-24-22-20-18-16-14-12-10-8-6-4-2/h5-8,11-14,17-20,23-26,29-32,35,37,41-42,44,46,50,52,56,58,87H,3-4,9-10,15-16,21-22,27-28,33-34,36,38-40,43,45,47-49,51,53-55,57,59-86,90H2,1-2H3,(H,93,94)/b7-5-,8-6-,13-11-,14-12-,19-17-,20-18-,25-23-,26-24-,31-29-,32-30-,37-35-,42-41-,46-44-,52-50-,58-56-. The summed E-state index contributed by atoms with van der Waals surface area (Å²) in [4.78, 5) is 35.5. The summed E-state index contributed by atoms with van der Waals surface area (Å²) in [6.07, 6.45) is 123. The third-order valence-electron chi connectivity index (χ3n) is 16.8. The Morgan fingerprint density at radius 3 is 0.778 bits per heavy atom. The molecule has 0 fully saturated rings. The van der Waals surface area contributed by atoms with Gasteiger partial charge in [0.1, 0.15) is 6.61 Å². The molecular formula is C89H148NO8P. The summed E-state index contributed by atoms with van der Waals surface area (Å²) in [5.41, 5.74) is 5.42. The van der Waals surface area contributed by atoms with Crippen LogP contribution >= 0.6 is 7.82 Å². The monoisotopic (exact) mass is 1390 g/mol. The van der Waals surface area contributed by atoms with Gasteiger partial charge in [-0.2, -0.15) is 0 Å². The van der Waals surface area contributed by atoms with E-state index in [-0.39, 0.29) is 38.6 Å². The number of phosphoric ester groups is 1. The summed E-state index contributed by atoms with van der Waals surface area (Å²) in [5.74, 6) is -0.830. The Morgan fingerprint density at radius 2 is 0.525 bits per heavy atom. The minimum absolute atomic E-state index is 0.0466. The molecule has 9 nitrogen and oxygen atoms in total. The van der Waals surface area contributed by atoms with Crippen LogP contribution in [0.4, 0.5) is 0 Å². The molecule has 0 aliphatic rings. The molecule has 0 aromatic rings. The van der Waals surface area contributed by atoms with E-state index in [1.807, 2.05) is 0 Å². The van der Waals surface area contributed by atoms with Crippen molar-refractivity contribution in [3.05, 3.63) is 182 Å². The molecule has 0 bridgehead atoms. The molecular weight excluding hydrogens is 1240 g/mol. The quantitative estimate of drug-likeness (QED) is 0.0264. The molecule has 0 spiro atoms. The fourth-order valence-corrected chi connectivity index (χ4v) is 11.7. The summed E-state index contributed by atoms with van der Waals surface area (Å²) < 4.78 is 33.3. The average Bonchev–Trinajstić information content (AvgIpc) is 1.19. The lowest BCUT2D eigenvalue weighted by molar-refractivity contribution is -0.161. The number of allylic oxidation sites excluding steroid dienone is 30. The predicted octanol–water partition coefficient (Wildman–Crippen LogP) is 27.4. The van der Waals surface area contributed by atoms with Gasteiger partial charge < -0.3 is 20.1 Å². The number of nitrogens with two attached hydrogens (primary N) is 1. The number of ether oxygens (including phenoxy) is 2. The molecule has 562 valence electrons. The smallest absolute Gasteiger partial charge is 0.462 e. The number of carbonyl (C=O) groups excluding carboxylic acids is 2. The van der Waals surface area contributed by atoms with Crippen molar-refractivity contribution < 1.29 is 37.6 Å². The highest BCUT2D eigenvalue weighted by Gasteiger charge is 2.26.